The van der Waals surface area contributed by atoms with Gasteiger partial charge in [-0.05, 0) is 41.6 Å². The minimum Gasteiger partial charge on any atom is -0.304 e. The Morgan fingerprint density at radius 1 is 1.20 bits per heavy atom. The third-order valence-corrected chi connectivity index (χ3v) is 3.77. The third kappa shape index (κ3) is 2.51. The molecule has 8 nitrogen and oxygen atoms in total. The minimum atomic E-state index is -0.467. The van der Waals surface area contributed by atoms with E-state index in [0.29, 0.717) is 22.6 Å². The van der Waals surface area contributed by atoms with Crippen molar-refractivity contribution in [1.29, 1.82) is 0 Å². The molecule has 0 fully saturated rings. The van der Waals surface area contributed by atoms with Crippen LogP contribution < -0.4 is 5.32 Å². The number of fused-ring (bicyclic) bond motifs is 1. The number of hydrogen-bond donors (Lipinski definition) is 2. The molecular weight excluding hydrogens is 325 g/mol. The predicted octanol–water partition coefficient (Wildman–Crippen LogP) is 2.24. The average Bonchev–Trinajstić information content (AvgIpc) is 3.22. The monoisotopic (exact) mass is 337 g/mol. The zero-order chi connectivity index (χ0) is 17.4. The van der Waals surface area contributed by atoms with Gasteiger partial charge in [-0.2, -0.15) is 9.78 Å². The highest BCUT2D eigenvalue weighted by Gasteiger charge is 2.18. The van der Waals surface area contributed by atoms with Gasteiger partial charge in [0.15, 0.2) is 11.6 Å². The highest BCUT2D eigenvalue weighted by molar-refractivity contribution is 6.09. The number of carbonyl (C=O) groups excluding carboxylic acids is 1. The van der Waals surface area contributed by atoms with Gasteiger partial charge in [-0.1, -0.05) is 18.2 Å². The lowest BCUT2D eigenvalue weighted by molar-refractivity contribution is 0.102. The summed E-state index contributed by atoms with van der Waals surface area (Å²) in [4.78, 5) is 12.7. The van der Waals surface area contributed by atoms with Crippen LogP contribution in [0.2, 0.25) is 0 Å². The molecule has 0 spiro atoms. The number of carbonyl (C=O) groups is 1. The Morgan fingerprint density at radius 3 is 2.84 bits per heavy atom. The van der Waals surface area contributed by atoms with Gasteiger partial charge >= 0.3 is 0 Å². The number of aromatic nitrogens is 6. The van der Waals surface area contributed by atoms with E-state index in [4.69, 9.17) is 0 Å². The molecule has 0 unspecified atom stereocenters. The summed E-state index contributed by atoms with van der Waals surface area (Å²) in [7, 11) is 0. The highest BCUT2D eigenvalue weighted by Crippen LogP contribution is 2.24. The zero-order valence-electron chi connectivity index (χ0n) is 13.1. The molecule has 2 aromatic carbocycles. The van der Waals surface area contributed by atoms with E-state index < -0.39 is 11.7 Å². The lowest BCUT2D eigenvalue weighted by Crippen LogP contribution is -2.16. The maximum atomic E-state index is 14.0. The van der Waals surface area contributed by atoms with Crippen LogP contribution in [0.5, 0.6) is 0 Å². The van der Waals surface area contributed by atoms with Crippen LogP contribution >= 0.6 is 0 Å². The highest BCUT2D eigenvalue weighted by atomic mass is 19.1. The lowest BCUT2D eigenvalue weighted by Gasteiger charge is -2.09. The largest absolute Gasteiger partial charge is 0.304 e. The Morgan fingerprint density at radius 2 is 2.04 bits per heavy atom. The summed E-state index contributed by atoms with van der Waals surface area (Å²) < 4.78 is 15.5. The molecule has 0 saturated carbocycles. The second kappa shape index (κ2) is 5.78. The molecule has 0 bridgehead atoms. The number of para-hydroxylation sites is 1. The van der Waals surface area contributed by atoms with E-state index in [1.165, 1.54) is 10.7 Å². The molecule has 2 heterocycles. The standard InChI is InChI=1S/C16H12FN7O/c1-9-19-22-23-24(9)13-8-3-2-5-10(13)16(25)18-15-14-11(17)6-4-7-12(14)20-21-15/h2-8H,1H3,(H2,18,20,21,25). The van der Waals surface area contributed by atoms with Gasteiger partial charge in [-0.15, -0.1) is 5.10 Å². The molecular formula is C16H12FN7O. The Balaban J connectivity index is 1.74. The summed E-state index contributed by atoms with van der Waals surface area (Å²) >= 11 is 0. The van der Waals surface area contributed by atoms with Crippen LogP contribution in [0, 0.1) is 12.7 Å². The molecule has 0 radical (unpaired) electrons. The smallest absolute Gasteiger partial charge is 0.259 e. The predicted molar refractivity (Wildman–Crippen MR) is 87.9 cm³/mol. The maximum Gasteiger partial charge on any atom is 0.259 e. The first kappa shape index (κ1) is 14.9. The Hall–Kier alpha value is -3.62. The summed E-state index contributed by atoms with van der Waals surface area (Å²) in [6.07, 6.45) is 0. The molecule has 0 saturated heterocycles. The van der Waals surface area contributed by atoms with E-state index >= 15 is 0 Å². The van der Waals surface area contributed by atoms with Gasteiger partial charge in [0.1, 0.15) is 5.82 Å². The van der Waals surface area contributed by atoms with Crippen LogP contribution in [0.1, 0.15) is 16.2 Å². The second-order valence-electron chi connectivity index (χ2n) is 5.34. The van der Waals surface area contributed by atoms with Crippen molar-refractivity contribution in [2.24, 2.45) is 0 Å². The first-order valence-corrected chi connectivity index (χ1v) is 7.43. The third-order valence-electron chi connectivity index (χ3n) is 3.77. The van der Waals surface area contributed by atoms with Crippen molar-refractivity contribution in [2.45, 2.75) is 6.92 Å². The molecule has 124 valence electrons. The van der Waals surface area contributed by atoms with E-state index in [1.54, 1.807) is 43.3 Å². The first-order chi connectivity index (χ1) is 12.1. The molecule has 0 aliphatic heterocycles. The van der Waals surface area contributed by atoms with Crippen LogP contribution in [0.4, 0.5) is 10.2 Å². The molecule has 2 N–H and O–H groups in total. The fourth-order valence-electron chi connectivity index (χ4n) is 2.60. The number of tetrazole rings is 1. The minimum absolute atomic E-state index is 0.126. The van der Waals surface area contributed by atoms with Gasteiger partial charge < -0.3 is 5.32 Å². The van der Waals surface area contributed by atoms with Gasteiger partial charge in [0.25, 0.3) is 5.91 Å². The van der Waals surface area contributed by atoms with Crippen molar-refractivity contribution < 1.29 is 9.18 Å². The summed E-state index contributed by atoms with van der Waals surface area (Å²) in [5.74, 6) is -0.244. The molecule has 1 amide bonds. The van der Waals surface area contributed by atoms with Crippen molar-refractivity contribution in [3.8, 4) is 5.69 Å². The van der Waals surface area contributed by atoms with Crippen molar-refractivity contribution >= 4 is 22.6 Å². The topological polar surface area (TPSA) is 101 Å². The fraction of sp³-hybridized carbons (Fsp3) is 0.0625. The van der Waals surface area contributed by atoms with Gasteiger partial charge in [0.05, 0.1) is 22.2 Å². The number of amides is 1. The fourth-order valence-corrected chi connectivity index (χ4v) is 2.60. The number of aromatic amines is 1. The SMILES string of the molecule is Cc1nnnn1-c1ccccc1C(=O)Nc1n[nH]c2cccc(F)c12. The Labute approximate surface area is 140 Å². The molecule has 4 aromatic rings. The van der Waals surface area contributed by atoms with E-state index in [-0.39, 0.29) is 11.2 Å². The number of benzene rings is 2. The number of nitrogens with zero attached hydrogens (tertiary/aromatic N) is 5. The number of nitrogens with one attached hydrogen (secondary N) is 2. The van der Waals surface area contributed by atoms with Gasteiger partial charge in [0, 0.05) is 0 Å². The zero-order valence-corrected chi connectivity index (χ0v) is 13.1. The summed E-state index contributed by atoms with van der Waals surface area (Å²) in [5, 5.41) is 20.9. The van der Waals surface area contributed by atoms with Gasteiger partial charge in [-0.3, -0.25) is 9.89 Å². The summed E-state index contributed by atoms with van der Waals surface area (Å²) in [6, 6.07) is 11.4. The van der Waals surface area contributed by atoms with Crippen LogP contribution in [0.25, 0.3) is 16.6 Å². The maximum absolute atomic E-state index is 14.0. The number of H-pyrrole nitrogens is 1. The lowest BCUT2D eigenvalue weighted by atomic mass is 10.1. The molecule has 2 aromatic heterocycles. The van der Waals surface area contributed by atoms with Crippen LogP contribution in [0.3, 0.4) is 0 Å². The quantitative estimate of drug-likeness (QED) is 0.597. The Bertz CT molecular complexity index is 1080. The second-order valence-corrected chi connectivity index (χ2v) is 5.34. The number of anilines is 1. The molecule has 0 atom stereocenters. The van der Waals surface area contributed by atoms with E-state index in [1.807, 2.05) is 0 Å². The van der Waals surface area contributed by atoms with Crippen LogP contribution in [-0.2, 0) is 0 Å². The summed E-state index contributed by atoms with van der Waals surface area (Å²) in [5.41, 5.74) is 1.35. The van der Waals surface area contributed by atoms with Crippen molar-refractivity contribution in [2.75, 3.05) is 5.32 Å². The van der Waals surface area contributed by atoms with Crippen molar-refractivity contribution in [3.05, 3.63) is 59.7 Å². The summed E-state index contributed by atoms with van der Waals surface area (Å²) in [6.45, 7) is 1.73. The van der Waals surface area contributed by atoms with E-state index in [0.717, 1.165) is 0 Å². The molecule has 9 heteroatoms. The number of hydrogen-bond acceptors (Lipinski definition) is 5. The van der Waals surface area contributed by atoms with Gasteiger partial charge in [-0.25, -0.2) is 4.39 Å². The molecule has 4 rings (SSSR count). The normalized spacial score (nSPS) is 11.0. The van der Waals surface area contributed by atoms with Crippen molar-refractivity contribution in [3.63, 3.8) is 0 Å². The molecule has 0 aliphatic rings. The first-order valence-electron chi connectivity index (χ1n) is 7.43. The Kier molecular flexibility index (Phi) is 3.46. The number of aryl methyl sites for hydroxylation is 1. The van der Waals surface area contributed by atoms with E-state index in [2.05, 4.69) is 31.0 Å². The number of halogens is 1. The molecule has 0 aliphatic carbocycles. The van der Waals surface area contributed by atoms with E-state index in [9.17, 15) is 9.18 Å². The van der Waals surface area contributed by atoms with Crippen molar-refractivity contribution in [1.82, 2.24) is 30.4 Å². The van der Waals surface area contributed by atoms with Crippen LogP contribution in [-0.4, -0.2) is 36.3 Å². The van der Waals surface area contributed by atoms with Crippen LogP contribution in [0.15, 0.2) is 42.5 Å². The number of rotatable bonds is 3. The van der Waals surface area contributed by atoms with Gasteiger partial charge in [0.2, 0.25) is 0 Å². The molecule has 25 heavy (non-hydrogen) atoms. The average molecular weight is 337 g/mol.